The van der Waals surface area contributed by atoms with Crippen LogP contribution in [0.1, 0.15) is 33.9 Å². The van der Waals surface area contributed by atoms with E-state index in [2.05, 4.69) is 19.1 Å². The quantitative estimate of drug-likeness (QED) is 0.670. The van der Waals surface area contributed by atoms with Crippen LogP contribution in [0.4, 0.5) is 0 Å². The van der Waals surface area contributed by atoms with Crippen molar-refractivity contribution in [2.24, 2.45) is 0 Å². The number of benzene rings is 2. The molecule has 1 N–H and O–H groups in total. The first-order valence-corrected chi connectivity index (χ1v) is 6.76. The van der Waals surface area contributed by atoms with E-state index in [0.717, 1.165) is 22.3 Å². The highest BCUT2D eigenvalue weighted by atomic mass is 32.1. The summed E-state index contributed by atoms with van der Waals surface area (Å²) in [5.41, 5.74) is 5.30. The summed E-state index contributed by atoms with van der Waals surface area (Å²) in [6, 6.07) is 13.8. The number of thiocarbonyl (C=S) groups is 1. The van der Waals surface area contributed by atoms with Gasteiger partial charge >= 0.3 is 0 Å². The van der Waals surface area contributed by atoms with Crippen LogP contribution < -0.4 is 0 Å². The molecule has 0 spiro atoms. The number of rotatable bonds is 3. The molecular weight excluding hydrogens is 252 g/mol. The summed E-state index contributed by atoms with van der Waals surface area (Å²) in [6.45, 7) is 6.15. The van der Waals surface area contributed by atoms with Crippen molar-refractivity contribution < 1.29 is 5.11 Å². The summed E-state index contributed by atoms with van der Waals surface area (Å²) < 4.78 is 0. The van der Waals surface area contributed by atoms with Gasteiger partial charge < -0.3 is 5.11 Å². The molecule has 0 fully saturated rings. The Labute approximate surface area is 119 Å². The summed E-state index contributed by atoms with van der Waals surface area (Å²) in [7, 11) is 0. The van der Waals surface area contributed by atoms with Crippen LogP contribution in [0, 0.1) is 20.8 Å². The van der Waals surface area contributed by atoms with Crippen molar-refractivity contribution in [3.63, 3.8) is 0 Å². The second kappa shape index (κ2) is 5.64. The SMILES string of the molecule is Cc1cc(C)c(C(=S)C(O)c2ccccc2)c(C)c1. The molecule has 2 rings (SSSR count). The zero-order chi connectivity index (χ0) is 14.0. The van der Waals surface area contributed by atoms with Gasteiger partial charge in [-0.15, -0.1) is 0 Å². The van der Waals surface area contributed by atoms with Crippen LogP contribution in [0.15, 0.2) is 42.5 Å². The summed E-state index contributed by atoms with van der Waals surface area (Å²) in [4.78, 5) is 0.598. The van der Waals surface area contributed by atoms with Gasteiger partial charge in [0.25, 0.3) is 0 Å². The summed E-state index contributed by atoms with van der Waals surface area (Å²) >= 11 is 5.49. The molecule has 0 bridgehead atoms. The summed E-state index contributed by atoms with van der Waals surface area (Å²) in [5.74, 6) is 0. The lowest BCUT2D eigenvalue weighted by Gasteiger charge is -2.17. The number of aliphatic hydroxyl groups is 1. The first-order chi connectivity index (χ1) is 9.00. The first kappa shape index (κ1) is 13.9. The van der Waals surface area contributed by atoms with Crippen molar-refractivity contribution in [1.29, 1.82) is 0 Å². The molecule has 0 aliphatic rings. The highest BCUT2D eigenvalue weighted by molar-refractivity contribution is 7.81. The minimum absolute atomic E-state index is 0.598. The minimum atomic E-state index is -0.726. The van der Waals surface area contributed by atoms with E-state index in [0.29, 0.717) is 4.86 Å². The van der Waals surface area contributed by atoms with Gasteiger partial charge in [0.1, 0.15) is 6.10 Å². The van der Waals surface area contributed by atoms with Gasteiger partial charge in [-0.05, 0) is 43.0 Å². The van der Waals surface area contributed by atoms with Crippen molar-refractivity contribution >= 4 is 17.1 Å². The average molecular weight is 270 g/mol. The molecule has 0 saturated carbocycles. The standard InChI is InChI=1S/C17H18OS/c1-11-9-12(2)15(13(3)10-11)17(19)16(18)14-7-5-4-6-8-14/h4-10,16,18H,1-3H3. The van der Waals surface area contributed by atoms with Gasteiger partial charge in [-0.1, -0.05) is 60.2 Å². The molecule has 1 unspecified atom stereocenters. The van der Waals surface area contributed by atoms with Gasteiger partial charge in [0.05, 0.1) is 4.86 Å². The van der Waals surface area contributed by atoms with Gasteiger partial charge in [0.2, 0.25) is 0 Å². The van der Waals surface area contributed by atoms with Gasteiger partial charge in [-0.3, -0.25) is 0 Å². The Hall–Kier alpha value is -1.51. The number of aryl methyl sites for hydroxylation is 3. The Morgan fingerprint density at radius 1 is 1.00 bits per heavy atom. The van der Waals surface area contributed by atoms with E-state index in [1.54, 1.807) is 0 Å². The molecule has 0 aliphatic heterocycles. The van der Waals surface area contributed by atoms with Gasteiger partial charge in [-0.2, -0.15) is 0 Å². The molecule has 2 aromatic carbocycles. The molecule has 0 aromatic heterocycles. The maximum atomic E-state index is 10.4. The summed E-state index contributed by atoms with van der Waals surface area (Å²) in [5, 5.41) is 10.4. The monoisotopic (exact) mass is 270 g/mol. The van der Waals surface area contributed by atoms with Crippen LogP contribution in [-0.2, 0) is 0 Å². The molecule has 2 heteroatoms. The van der Waals surface area contributed by atoms with E-state index in [1.807, 2.05) is 44.2 Å². The Bertz CT molecular complexity index is 579. The Morgan fingerprint density at radius 3 is 2.05 bits per heavy atom. The zero-order valence-corrected chi connectivity index (χ0v) is 12.3. The van der Waals surface area contributed by atoms with Crippen LogP contribution in [0.2, 0.25) is 0 Å². The Kier molecular flexibility index (Phi) is 4.13. The highest BCUT2D eigenvalue weighted by Gasteiger charge is 2.18. The second-order valence-electron chi connectivity index (χ2n) is 4.95. The van der Waals surface area contributed by atoms with Gasteiger partial charge in [-0.25, -0.2) is 0 Å². The van der Waals surface area contributed by atoms with E-state index >= 15 is 0 Å². The fourth-order valence-corrected chi connectivity index (χ4v) is 2.95. The summed E-state index contributed by atoms with van der Waals surface area (Å²) in [6.07, 6.45) is -0.726. The van der Waals surface area contributed by atoms with Crippen LogP contribution in [0.5, 0.6) is 0 Å². The normalized spacial score (nSPS) is 12.2. The maximum Gasteiger partial charge on any atom is 0.115 e. The van der Waals surface area contributed by atoms with Gasteiger partial charge in [0, 0.05) is 0 Å². The number of hydrogen-bond donors (Lipinski definition) is 1. The van der Waals surface area contributed by atoms with Crippen LogP contribution >= 0.6 is 12.2 Å². The van der Waals surface area contributed by atoms with E-state index in [-0.39, 0.29) is 0 Å². The predicted molar refractivity (Wildman–Crippen MR) is 83.8 cm³/mol. The van der Waals surface area contributed by atoms with Crippen molar-refractivity contribution in [3.8, 4) is 0 Å². The molecule has 0 aliphatic carbocycles. The molecule has 1 nitrogen and oxygen atoms in total. The van der Waals surface area contributed by atoms with Gasteiger partial charge in [0.15, 0.2) is 0 Å². The topological polar surface area (TPSA) is 20.2 Å². The third kappa shape index (κ3) is 2.91. The average Bonchev–Trinajstić information content (AvgIpc) is 2.37. The lowest BCUT2D eigenvalue weighted by atomic mass is 9.93. The highest BCUT2D eigenvalue weighted by Crippen LogP contribution is 2.25. The van der Waals surface area contributed by atoms with Crippen molar-refractivity contribution in [1.82, 2.24) is 0 Å². The number of hydrogen-bond acceptors (Lipinski definition) is 2. The van der Waals surface area contributed by atoms with E-state index in [9.17, 15) is 5.11 Å². The molecule has 19 heavy (non-hydrogen) atoms. The largest absolute Gasteiger partial charge is 0.383 e. The second-order valence-corrected chi connectivity index (χ2v) is 5.39. The van der Waals surface area contributed by atoms with Crippen molar-refractivity contribution in [3.05, 3.63) is 70.3 Å². The smallest absolute Gasteiger partial charge is 0.115 e. The molecule has 0 amide bonds. The fraction of sp³-hybridized carbons (Fsp3) is 0.235. The first-order valence-electron chi connectivity index (χ1n) is 6.36. The maximum absolute atomic E-state index is 10.4. The molecule has 0 radical (unpaired) electrons. The number of aliphatic hydroxyl groups excluding tert-OH is 1. The molecule has 0 saturated heterocycles. The molecular formula is C17H18OS. The molecule has 0 heterocycles. The van der Waals surface area contributed by atoms with E-state index in [1.165, 1.54) is 5.56 Å². The third-order valence-electron chi connectivity index (χ3n) is 3.29. The van der Waals surface area contributed by atoms with E-state index in [4.69, 9.17) is 12.2 Å². The lowest BCUT2D eigenvalue weighted by Crippen LogP contribution is -2.14. The van der Waals surface area contributed by atoms with E-state index < -0.39 is 6.10 Å². The van der Waals surface area contributed by atoms with Crippen LogP contribution in [0.25, 0.3) is 0 Å². The van der Waals surface area contributed by atoms with Crippen LogP contribution in [0.3, 0.4) is 0 Å². The third-order valence-corrected chi connectivity index (χ3v) is 3.71. The Balaban J connectivity index is 2.40. The fourth-order valence-electron chi connectivity index (χ4n) is 2.49. The zero-order valence-electron chi connectivity index (χ0n) is 11.5. The van der Waals surface area contributed by atoms with Crippen molar-refractivity contribution in [2.75, 3.05) is 0 Å². The van der Waals surface area contributed by atoms with Crippen molar-refractivity contribution in [2.45, 2.75) is 26.9 Å². The molecule has 1 atom stereocenters. The Morgan fingerprint density at radius 2 is 1.53 bits per heavy atom. The van der Waals surface area contributed by atoms with Crippen LogP contribution in [-0.4, -0.2) is 9.97 Å². The molecule has 98 valence electrons. The lowest BCUT2D eigenvalue weighted by molar-refractivity contribution is 0.250. The predicted octanol–water partition coefficient (Wildman–Crippen LogP) is 4.06. The molecule has 2 aromatic rings. The minimum Gasteiger partial charge on any atom is -0.383 e.